The van der Waals surface area contributed by atoms with Crippen LogP contribution in [0.1, 0.15) is 16.1 Å². The fraction of sp³-hybridized carbons (Fsp3) is 0.375. The first-order valence-corrected chi connectivity index (χ1v) is 8.05. The monoisotopic (exact) mass is 317 g/mol. The summed E-state index contributed by atoms with van der Waals surface area (Å²) in [5.74, 6) is 0.991. The van der Waals surface area contributed by atoms with Crippen LogP contribution in [0, 0.1) is 6.92 Å². The van der Waals surface area contributed by atoms with E-state index >= 15 is 0 Å². The number of hydrogen-bond acceptors (Lipinski definition) is 5. The van der Waals surface area contributed by atoms with E-state index in [0.29, 0.717) is 18.1 Å². The van der Waals surface area contributed by atoms with Crippen LogP contribution >= 0.6 is 11.3 Å². The molecule has 1 atom stereocenters. The molecule has 2 aromatic rings. The topological polar surface area (TPSA) is 68.5 Å². The molecule has 0 saturated heterocycles. The molecule has 1 aliphatic rings. The number of hydrogen-bond donors (Lipinski definition) is 1. The van der Waals surface area contributed by atoms with Gasteiger partial charge in [0.25, 0.3) is 0 Å². The lowest BCUT2D eigenvalue weighted by Gasteiger charge is -2.21. The number of likely N-dealkylation sites (N-methyl/N-ethyl adjacent to an activating group) is 1. The Morgan fingerprint density at radius 3 is 2.95 bits per heavy atom. The number of nitrogens with zero attached hydrogens (tertiary/aromatic N) is 2. The largest absolute Gasteiger partial charge is 0.488 e. The van der Waals surface area contributed by atoms with E-state index in [4.69, 9.17) is 10.5 Å². The number of rotatable bonds is 4. The zero-order valence-electron chi connectivity index (χ0n) is 12.7. The molecule has 1 aliphatic heterocycles. The van der Waals surface area contributed by atoms with Crippen LogP contribution in [0.15, 0.2) is 24.3 Å². The number of nitrogen functional groups attached to an aromatic ring is 1. The maximum absolute atomic E-state index is 12.3. The standard InChI is InChI=1S/C16H19N3O2S/c1-10-14(22-16(17)18-10)8-15(20)19(2)9-12-7-11-5-3-4-6-13(11)21-12/h3-6,12H,7-9H2,1-2H3,(H2,17,18). The Morgan fingerprint density at radius 2 is 2.27 bits per heavy atom. The van der Waals surface area contributed by atoms with E-state index in [0.717, 1.165) is 22.7 Å². The van der Waals surface area contributed by atoms with Gasteiger partial charge in [-0.1, -0.05) is 18.2 Å². The number of fused-ring (bicyclic) bond motifs is 1. The van der Waals surface area contributed by atoms with Gasteiger partial charge in [-0.15, -0.1) is 11.3 Å². The predicted molar refractivity (Wildman–Crippen MR) is 87.2 cm³/mol. The summed E-state index contributed by atoms with van der Waals surface area (Å²) in [5.41, 5.74) is 7.72. The van der Waals surface area contributed by atoms with Crippen LogP contribution in [0.2, 0.25) is 0 Å². The molecule has 1 amide bonds. The van der Waals surface area contributed by atoms with E-state index in [1.165, 1.54) is 16.9 Å². The molecule has 0 bridgehead atoms. The van der Waals surface area contributed by atoms with Gasteiger partial charge >= 0.3 is 0 Å². The van der Waals surface area contributed by atoms with Crippen LogP contribution in [0.5, 0.6) is 5.75 Å². The fourth-order valence-electron chi connectivity index (χ4n) is 2.65. The van der Waals surface area contributed by atoms with E-state index < -0.39 is 0 Å². The van der Waals surface area contributed by atoms with Gasteiger partial charge in [0.1, 0.15) is 11.9 Å². The van der Waals surface area contributed by atoms with Crippen molar-refractivity contribution in [1.29, 1.82) is 0 Å². The Kier molecular flexibility index (Phi) is 4.02. The second-order valence-electron chi connectivity index (χ2n) is 5.56. The van der Waals surface area contributed by atoms with Crippen LogP contribution in [-0.2, 0) is 17.6 Å². The highest BCUT2D eigenvalue weighted by atomic mass is 32.1. The number of nitrogens with two attached hydrogens (primary N) is 1. The van der Waals surface area contributed by atoms with Gasteiger partial charge in [0, 0.05) is 18.3 Å². The van der Waals surface area contributed by atoms with E-state index in [1.807, 2.05) is 32.2 Å². The summed E-state index contributed by atoms with van der Waals surface area (Å²) in [7, 11) is 1.81. The second-order valence-corrected chi connectivity index (χ2v) is 6.68. The summed E-state index contributed by atoms with van der Waals surface area (Å²) in [6, 6.07) is 8.02. The zero-order chi connectivity index (χ0) is 15.7. The minimum Gasteiger partial charge on any atom is -0.488 e. The van der Waals surface area contributed by atoms with Gasteiger partial charge in [0.2, 0.25) is 5.91 Å². The summed E-state index contributed by atoms with van der Waals surface area (Å²) < 4.78 is 5.88. The van der Waals surface area contributed by atoms with Gasteiger partial charge in [-0.25, -0.2) is 4.98 Å². The summed E-state index contributed by atoms with van der Waals surface area (Å²) in [4.78, 5) is 19.2. The Bertz CT molecular complexity index is 673. The number of anilines is 1. The zero-order valence-corrected chi connectivity index (χ0v) is 13.5. The Morgan fingerprint density at radius 1 is 1.50 bits per heavy atom. The van der Waals surface area contributed by atoms with Gasteiger partial charge in [0.05, 0.1) is 18.7 Å². The summed E-state index contributed by atoms with van der Waals surface area (Å²) in [6.45, 7) is 2.47. The first-order chi connectivity index (χ1) is 10.5. The molecular formula is C16H19N3O2S. The lowest BCUT2D eigenvalue weighted by molar-refractivity contribution is -0.130. The maximum Gasteiger partial charge on any atom is 0.227 e. The Labute approximate surface area is 133 Å². The lowest BCUT2D eigenvalue weighted by Crippen LogP contribution is -2.37. The third-order valence-corrected chi connectivity index (χ3v) is 4.82. The molecule has 22 heavy (non-hydrogen) atoms. The minimum atomic E-state index is 0.0268. The molecule has 0 saturated carbocycles. The highest BCUT2D eigenvalue weighted by molar-refractivity contribution is 7.15. The van der Waals surface area contributed by atoms with Crippen molar-refractivity contribution in [2.24, 2.45) is 0 Å². The SMILES string of the molecule is Cc1nc(N)sc1CC(=O)N(C)CC1Cc2ccccc2O1. The predicted octanol–water partition coefficient (Wildman–Crippen LogP) is 2.04. The van der Waals surface area contributed by atoms with Gasteiger partial charge in [-0.05, 0) is 18.6 Å². The molecule has 0 radical (unpaired) electrons. The Balaban J connectivity index is 1.57. The normalized spacial score (nSPS) is 16.2. The van der Waals surface area contributed by atoms with Gasteiger partial charge in [-0.3, -0.25) is 4.79 Å². The quantitative estimate of drug-likeness (QED) is 0.937. The van der Waals surface area contributed by atoms with Gasteiger partial charge in [0.15, 0.2) is 5.13 Å². The molecule has 1 aromatic heterocycles. The first-order valence-electron chi connectivity index (χ1n) is 7.23. The molecule has 0 fully saturated rings. The number of ether oxygens (including phenoxy) is 1. The summed E-state index contributed by atoms with van der Waals surface area (Å²) in [5, 5.41) is 0.512. The third kappa shape index (κ3) is 3.06. The maximum atomic E-state index is 12.3. The van der Waals surface area contributed by atoms with Crippen molar-refractivity contribution in [3.8, 4) is 5.75 Å². The van der Waals surface area contributed by atoms with Crippen molar-refractivity contribution in [2.45, 2.75) is 25.9 Å². The van der Waals surface area contributed by atoms with Gasteiger partial charge in [-0.2, -0.15) is 0 Å². The van der Waals surface area contributed by atoms with Crippen LogP contribution < -0.4 is 10.5 Å². The van der Waals surface area contributed by atoms with E-state index in [9.17, 15) is 4.79 Å². The summed E-state index contributed by atoms with van der Waals surface area (Å²) in [6.07, 6.45) is 1.22. The second kappa shape index (κ2) is 5.96. The fourth-order valence-corrected chi connectivity index (χ4v) is 3.47. The number of aryl methyl sites for hydroxylation is 1. The average Bonchev–Trinajstić information content (AvgIpc) is 3.01. The van der Waals surface area contributed by atoms with E-state index in [-0.39, 0.29) is 12.0 Å². The van der Waals surface area contributed by atoms with Crippen molar-refractivity contribution in [3.05, 3.63) is 40.4 Å². The molecule has 1 aromatic carbocycles. The number of amides is 1. The number of thiazole rings is 1. The van der Waals surface area contributed by atoms with Crippen LogP contribution in [0.4, 0.5) is 5.13 Å². The molecule has 0 aliphatic carbocycles. The molecule has 2 heterocycles. The molecule has 116 valence electrons. The summed E-state index contributed by atoms with van der Waals surface area (Å²) >= 11 is 1.38. The first kappa shape index (κ1) is 14.8. The molecule has 5 nitrogen and oxygen atoms in total. The molecule has 6 heteroatoms. The van der Waals surface area contributed by atoms with Crippen molar-refractivity contribution in [1.82, 2.24) is 9.88 Å². The van der Waals surface area contributed by atoms with E-state index in [2.05, 4.69) is 11.1 Å². The molecular weight excluding hydrogens is 298 g/mol. The molecule has 1 unspecified atom stereocenters. The molecule has 2 N–H and O–H groups in total. The van der Waals surface area contributed by atoms with Crippen molar-refractivity contribution < 1.29 is 9.53 Å². The smallest absolute Gasteiger partial charge is 0.227 e. The van der Waals surface area contributed by atoms with E-state index in [1.54, 1.807) is 4.90 Å². The van der Waals surface area contributed by atoms with Crippen LogP contribution in [-0.4, -0.2) is 35.5 Å². The average molecular weight is 317 g/mol. The van der Waals surface area contributed by atoms with Crippen molar-refractivity contribution in [3.63, 3.8) is 0 Å². The lowest BCUT2D eigenvalue weighted by atomic mass is 10.1. The van der Waals surface area contributed by atoms with Crippen molar-refractivity contribution >= 4 is 22.4 Å². The number of carbonyl (C=O) groups is 1. The number of benzene rings is 1. The van der Waals surface area contributed by atoms with Crippen molar-refractivity contribution in [2.75, 3.05) is 19.3 Å². The number of para-hydroxylation sites is 1. The van der Waals surface area contributed by atoms with Crippen LogP contribution in [0.25, 0.3) is 0 Å². The highest BCUT2D eigenvalue weighted by Crippen LogP contribution is 2.28. The Hall–Kier alpha value is -2.08. The number of carbonyl (C=O) groups excluding carboxylic acids is 1. The highest BCUT2D eigenvalue weighted by Gasteiger charge is 2.25. The minimum absolute atomic E-state index is 0.0268. The van der Waals surface area contributed by atoms with Crippen LogP contribution in [0.3, 0.4) is 0 Å². The number of aromatic nitrogens is 1. The molecule has 0 spiro atoms. The third-order valence-electron chi connectivity index (χ3n) is 3.84. The molecule has 3 rings (SSSR count). The van der Waals surface area contributed by atoms with Gasteiger partial charge < -0.3 is 15.4 Å².